The maximum absolute atomic E-state index is 5.81. The molecule has 1 heterocycles. The van der Waals surface area contributed by atoms with Crippen LogP contribution in [0.25, 0.3) is 0 Å². The summed E-state index contributed by atoms with van der Waals surface area (Å²) >= 11 is 2.29. The predicted molar refractivity (Wildman–Crippen MR) is 153 cm³/mol. The Labute approximate surface area is 221 Å². The Hall–Kier alpha value is -2.80. The number of nitrogens with one attached hydrogen (secondary N) is 1. The van der Waals surface area contributed by atoms with Gasteiger partial charge in [-0.1, -0.05) is 42.0 Å². The zero-order chi connectivity index (χ0) is 24.4. The molecule has 4 nitrogen and oxygen atoms in total. The Bertz CT molecular complexity index is 1270. The van der Waals surface area contributed by atoms with Crippen LogP contribution >= 0.6 is 22.6 Å². The summed E-state index contributed by atoms with van der Waals surface area (Å²) in [6.07, 6.45) is 7.73. The quantitative estimate of drug-likeness (QED) is 0.176. The average Bonchev–Trinajstić information content (AvgIpc) is 3.35. The zero-order valence-electron chi connectivity index (χ0n) is 20.4. The number of fused-ring (bicyclic) bond motifs is 3. The lowest BCUT2D eigenvalue weighted by atomic mass is 9.76. The van der Waals surface area contributed by atoms with Gasteiger partial charge in [0.05, 0.1) is 28.5 Å². The largest absolute Gasteiger partial charge is 0.490 e. The first-order valence-corrected chi connectivity index (χ1v) is 13.4. The number of allylic oxidation sites excluding steroid dienone is 2. The van der Waals surface area contributed by atoms with E-state index in [1.807, 2.05) is 26.1 Å². The van der Waals surface area contributed by atoms with Crippen LogP contribution in [-0.4, -0.2) is 19.4 Å². The fourth-order valence-electron chi connectivity index (χ4n) is 5.17. The molecule has 180 valence electrons. The van der Waals surface area contributed by atoms with Gasteiger partial charge in [0.15, 0.2) is 11.5 Å². The summed E-state index contributed by atoms with van der Waals surface area (Å²) in [4.78, 5) is 4.74. The van der Waals surface area contributed by atoms with Gasteiger partial charge in [-0.15, -0.1) is 0 Å². The summed E-state index contributed by atoms with van der Waals surface area (Å²) in [5.41, 5.74) is 7.24. The standard InChI is InChI=1S/C30H31IN2O2/c1-4-34-28-17-20(16-26(31)30(28)35-5-2)18-32-22-12-10-21(11-13-22)29-24-8-6-7-23(24)25-15-19(3)9-14-27(25)33-29/h6-7,9-18,23-24,29,33H,4-5,8H2,1-3H3/t23-,24+,29-/m0/s1. The van der Waals surface area contributed by atoms with Crippen molar-refractivity contribution in [3.63, 3.8) is 0 Å². The summed E-state index contributed by atoms with van der Waals surface area (Å²) in [5, 5.41) is 3.82. The topological polar surface area (TPSA) is 42.8 Å². The maximum Gasteiger partial charge on any atom is 0.174 e. The number of rotatable bonds is 7. The summed E-state index contributed by atoms with van der Waals surface area (Å²) in [5.74, 6) is 2.58. The summed E-state index contributed by atoms with van der Waals surface area (Å²) in [6, 6.07) is 19.8. The summed E-state index contributed by atoms with van der Waals surface area (Å²) < 4.78 is 12.6. The molecule has 35 heavy (non-hydrogen) atoms. The van der Waals surface area contributed by atoms with Gasteiger partial charge >= 0.3 is 0 Å². The lowest BCUT2D eigenvalue weighted by Gasteiger charge is -2.37. The minimum atomic E-state index is 0.296. The van der Waals surface area contributed by atoms with E-state index in [1.54, 1.807) is 0 Å². The summed E-state index contributed by atoms with van der Waals surface area (Å²) in [7, 11) is 0. The van der Waals surface area contributed by atoms with E-state index in [-0.39, 0.29) is 0 Å². The van der Waals surface area contributed by atoms with Crippen molar-refractivity contribution in [2.45, 2.75) is 39.2 Å². The highest BCUT2D eigenvalue weighted by Crippen LogP contribution is 2.50. The normalized spacial score (nSPS) is 20.4. The third-order valence-electron chi connectivity index (χ3n) is 6.75. The Morgan fingerprint density at radius 3 is 2.60 bits per heavy atom. The monoisotopic (exact) mass is 578 g/mol. The van der Waals surface area contributed by atoms with Crippen molar-refractivity contribution >= 4 is 40.2 Å². The van der Waals surface area contributed by atoms with Gasteiger partial charge in [0, 0.05) is 17.8 Å². The fourth-order valence-corrected chi connectivity index (χ4v) is 5.95. The molecule has 0 radical (unpaired) electrons. The molecule has 3 aromatic carbocycles. The molecule has 0 saturated heterocycles. The van der Waals surface area contributed by atoms with Crippen molar-refractivity contribution in [3.8, 4) is 11.5 Å². The van der Waals surface area contributed by atoms with E-state index in [0.29, 0.717) is 31.1 Å². The molecule has 0 fully saturated rings. The highest BCUT2D eigenvalue weighted by atomic mass is 127. The molecule has 3 atom stereocenters. The average molecular weight is 578 g/mol. The first kappa shape index (κ1) is 23.9. The summed E-state index contributed by atoms with van der Waals surface area (Å²) in [6.45, 7) is 7.33. The zero-order valence-corrected chi connectivity index (χ0v) is 22.6. The second-order valence-electron chi connectivity index (χ2n) is 9.11. The number of hydrogen-bond acceptors (Lipinski definition) is 4. The molecule has 0 amide bonds. The van der Waals surface area contributed by atoms with Crippen molar-refractivity contribution in [2.24, 2.45) is 10.9 Å². The van der Waals surface area contributed by atoms with Crippen LogP contribution in [0.5, 0.6) is 11.5 Å². The van der Waals surface area contributed by atoms with Gasteiger partial charge in [0.1, 0.15) is 0 Å². The maximum atomic E-state index is 5.81. The van der Waals surface area contributed by atoms with Gasteiger partial charge in [0.2, 0.25) is 0 Å². The SMILES string of the molecule is CCOc1cc(C=Nc2ccc([C@@H]3Nc4ccc(C)cc4[C@H]4C=CC[C@H]43)cc2)cc(I)c1OCC. The first-order chi connectivity index (χ1) is 17.1. The Morgan fingerprint density at radius 1 is 1.03 bits per heavy atom. The molecule has 3 aromatic rings. The molecule has 2 aliphatic rings. The van der Waals surface area contributed by atoms with Crippen molar-refractivity contribution in [2.75, 3.05) is 18.5 Å². The molecule has 5 rings (SSSR count). The van der Waals surface area contributed by atoms with Crippen LogP contribution in [0.4, 0.5) is 11.4 Å². The van der Waals surface area contributed by atoms with Crippen LogP contribution in [0.1, 0.15) is 54.5 Å². The van der Waals surface area contributed by atoms with Gasteiger partial charge in [-0.2, -0.15) is 0 Å². The predicted octanol–water partition coefficient (Wildman–Crippen LogP) is 7.97. The van der Waals surface area contributed by atoms with Gasteiger partial charge in [-0.3, -0.25) is 4.99 Å². The minimum absolute atomic E-state index is 0.296. The second kappa shape index (κ2) is 10.4. The lowest BCUT2D eigenvalue weighted by Crippen LogP contribution is -2.29. The van der Waals surface area contributed by atoms with E-state index >= 15 is 0 Å². The molecule has 0 bridgehead atoms. The van der Waals surface area contributed by atoms with Crippen molar-refractivity contribution in [3.05, 3.63) is 92.6 Å². The number of halogens is 1. The highest BCUT2D eigenvalue weighted by molar-refractivity contribution is 14.1. The third-order valence-corrected chi connectivity index (χ3v) is 7.55. The Kier molecular flexibility index (Phi) is 7.14. The number of hydrogen-bond donors (Lipinski definition) is 1. The highest BCUT2D eigenvalue weighted by Gasteiger charge is 2.37. The van der Waals surface area contributed by atoms with Crippen LogP contribution in [0, 0.1) is 16.4 Å². The van der Waals surface area contributed by atoms with Gasteiger partial charge in [-0.25, -0.2) is 0 Å². The first-order valence-electron chi connectivity index (χ1n) is 12.3. The Balaban J connectivity index is 1.36. The molecule has 1 aliphatic carbocycles. The van der Waals surface area contributed by atoms with Crippen LogP contribution in [0.15, 0.2) is 71.7 Å². The van der Waals surface area contributed by atoms with Gasteiger partial charge < -0.3 is 14.8 Å². The number of aryl methyl sites for hydroxylation is 1. The number of nitrogens with zero attached hydrogens (tertiary/aromatic N) is 1. The van der Waals surface area contributed by atoms with E-state index < -0.39 is 0 Å². The molecule has 5 heteroatoms. The molecule has 1 aliphatic heterocycles. The molecule has 0 saturated carbocycles. The van der Waals surface area contributed by atoms with Gasteiger partial charge in [0.25, 0.3) is 0 Å². The van der Waals surface area contributed by atoms with Crippen molar-refractivity contribution in [1.82, 2.24) is 0 Å². The van der Waals surface area contributed by atoms with Crippen LogP contribution in [0.3, 0.4) is 0 Å². The second-order valence-corrected chi connectivity index (χ2v) is 10.3. The van der Waals surface area contributed by atoms with Gasteiger partial charge in [-0.05, 0) is 103 Å². The van der Waals surface area contributed by atoms with Crippen molar-refractivity contribution in [1.29, 1.82) is 0 Å². The minimum Gasteiger partial charge on any atom is -0.490 e. The fraction of sp³-hybridized carbons (Fsp3) is 0.300. The van der Waals surface area contributed by atoms with E-state index in [2.05, 4.69) is 95.5 Å². The van der Waals surface area contributed by atoms with Crippen LogP contribution in [-0.2, 0) is 0 Å². The Morgan fingerprint density at radius 2 is 1.83 bits per heavy atom. The van der Waals surface area contributed by atoms with E-state index in [1.165, 1.54) is 22.4 Å². The van der Waals surface area contributed by atoms with Crippen LogP contribution in [0.2, 0.25) is 0 Å². The van der Waals surface area contributed by atoms with E-state index in [9.17, 15) is 0 Å². The molecular formula is C30H31IN2O2. The molecule has 0 unspecified atom stereocenters. The lowest BCUT2D eigenvalue weighted by molar-refractivity contribution is 0.286. The van der Waals surface area contributed by atoms with E-state index in [0.717, 1.165) is 32.7 Å². The van der Waals surface area contributed by atoms with E-state index in [4.69, 9.17) is 14.5 Å². The van der Waals surface area contributed by atoms with Crippen molar-refractivity contribution < 1.29 is 9.47 Å². The third kappa shape index (κ3) is 4.96. The number of ether oxygens (including phenoxy) is 2. The number of aliphatic imine (C=N–C) groups is 1. The number of anilines is 1. The van der Waals surface area contributed by atoms with Crippen LogP contribution < -0.4 is 14.8 Å². The molecular weight excluding hydrogens is 547 g/mol. The molecule has 0 spiro atoms. The molecule has 1 N–H and O–H groups in total. The smallest absolute Gasteiger partial charge is 0.174 e. The molecule has 0 aromatic heterocycles. The number of benzene rings is 3.